The average Bonchev–Trinajstić information content (AvgIpc) is 2.38. The number of halogens is 3. The molecule has 126 valence electrons. The van der Waals surface area contributed by atoms with Gasteiger partial charge in [-0.15, -0.1) is 24.0 Å². The van der Waals surface area contributed by atoms with E-state index in [-0.39, 0.29) is 29.7 Å². The highest BCUT2D eigenvalue weighted by Gasteiger charge is 2.04. The molecule has 0 aliphatic heterocycles. The van der Waals surface area contributed by atoms with Crippen molar-refractivity contribution in [3.63, 3.8) is 0 Å². The van der Waals surface area contributed by atoms with E-state index in [0.29, 0.717) is 35.5 Å². The van der Waals surface area contributed by atoms with Gasteiger partial charge in [0.15, 0.2) is 5.96 Å². The van der Waals surface area contributed by atoms with Crippen LogP contribution >= 0.6 is 47.2 Å². The van der Waals surface area contributed by atoms with Gasteiger partial charge in [0.25, 0.3) is 0 Å². The lowest BCUT2D eigenvalue weighted by atomic mass is 10.2. The van der Waals surface area contributed by atoms with E-state index in [9.17, 15) is 8.42 Å². The molecule has 22 heavy (non-hydrogen) atoms. The van der Waals surface area contributed by atoms with Gasteiger partial charge in [0.1, 0.15) is 9.84 Å². The molecule has 2 N–H and O–H groups in total. The molecule has 1 aromatic carbocycles. The van der Waals surface area contributed by atoms with E-state index < -0.39 is 9.84 Å². The molecule has 0 aliphatic rings. The zero-order valence-corrected chi connectivity index (χ0v) is 17.1. The SMILES string of the molecule is CN=C(NCCCS(C)(=O)=O)NCc1ccc(Cl)cc1Cl.I. The minimum Gasteiger partial charge on any atom is -0.356 e. The monoisotopic (exact) mass is 479 g/mol. The third-order valence-corrected chi connectivity index (χ3v) is 4.29. The minimum absolute atomic E-state index is 0. The van der Waals surface area contributed by atoms with Crippen molar-refractivity contribution in [3.05, 3.63) is 33.8 Å². The van der Waals surface area contributed by atoms with Crippen LogP contribution < -0.4 is 10.6 Å². The number of hydrogen-bond acceptors (Lipinski definition) is 3. The number of guanidine groups is 1. The largest absolute Gasteiger partial charge is 0.356 e. The molecule has 0 fully saturated rings. The Bertz CT molecular complexity index is 609. The van der Waals surface area contributed by atoms with Crippen LogP contribution in [0.15, 0.2) is 23.2 Å². The lowest BCUT2D eigenvalue weighted by Crippen LogP contribution is -2.37. The summed E-state index contributed by atoms with van der Waals surface area (Å²) >= 11 is 11.9. The maximum atomic E-state index is 11.0. The van der Waals surface area contributed by atoms with Crippen molar-refractivity contribution < 1.29 is 8.42 Å². The fourth-order valence-corrected chi connectivity index (χ4v) is 2.75. The van der Waals surface area contributed by atoms with Gasteiger partial charge in [-0.25, -0.2) is 8.42 Å². The van der Waals surface area contributed by atoms with E-state index in [0.717, 1.165) is 5.56 Å². The van der Waals surface area contributed by atoms with E-state index in [4.69, 9.17) is 23.2 Å². The number of benzene rings is 1. The zero-order chi connectivity index (χ0) is 15.9. The quantitative estimate of drug-likeness (QED) is 0.285. The first-order valence-electron chi connectivity index (χ1n) is 6.38. The third kappa shape index (κ3) is 9.02. The summed E-state index contributed by atoms with van der Waals surface area (Å²) in [4.78, 5) is 4.06. The van der Waals surface area contributed by atoms with Crippen molar-refractivity contribution in [2.24, 2.45) is 4.99 Å². The van der Waals surface area contributed by atoms with E-state index >= 15 is 0 Å². The van der Waals surface area contributed by atoms with Gasteiger partial charge in [-0.2, -0.15) is 0 Å². The summed E-state index contributed by atoms with van der Waals surface area (Å²) in [6.45, 7) is 1.03. The van der Waals surface area contributed by atoms with Crippen LogP contribution in [-0.4, -0.2) is 40.0 Å². The summed E-state index contributed by atoms with van der Waals surface area (Å²) < 4.78 is 22.0. The van der Waals surface area contributed by atoms with Crippen LogP contribution in [0.4, 0.5) is 0 Å². The Kier molecular flexibility index (Phi) is 10.4. The van der Waals surface area contributed by atoms with Crippen LogP contribution in [0.25, 0.3) is 0 Å². The van der Waals surface area contributed by atoms with Crippen molar-refractivity contribution in [1.82, 2.24) is 10.6 Å². The summed E-state index contributed by atoms with van der Waals surface area (Å²) in [7, 11) is -1.28. The van der Waals surface area contributed by atoms with Gasteiger partial charge in [-0.1, -0.05) is 29.3 Å². The second-order valence-corrected chi connectivity index (χ2v) is 7.68. The predicted molar refractivity (Wildman–Crippen MR) is 104 cm³/mol. The van der Waals surface area contributed by atoms with Crippen LogP contribution in [-0.2, 0) is 16.4 Å². The fraction of sp³-hybridized carbons (Fsp3) is 0.462. The number of aliphatic imine (C=N–C) groups is 1. The first kappa shape index (κ1) is 21.8. The fourth-order valence-electron chi connectivity index (χ4n) is 1.61. The summed E-state index contributed by atoms with van der Waals surface area (Å²) in [6.07, 6.45) is 1.75. The van der Waals surface area contributed by atoms with Gasteiger partial charge in [-0.05, 0) is 24.1 Å². The molecule has 0 amide bonds. The molecule has 0 atom stereocenters. The Hall–Kier alpha value is -0.250. The van der Waals surface area contributed by atoms with Crippen LogP contribution in [0.2, 0.25) is 10.0 Å². The normalized spacial score (nSPS) is 11.7. The Morgan fingerprint density at radius 2 is 1.95 bits per heavy atom. The number of rotatable bonds is 6. The lowest BCUT2D eigenvalue weighted by Gasteiger charge is -2.12. The highest BCUT2D eigenvalue weighted by atomic mass is 127. The molecule has 0 radical (unpaired) electrons. The van der Waals surface area contributed by atoms with Gasteiger partial charge in [0.2, 0.25) is 0 Å². The van der Waals surface area contributed by atoms with Gasteiger partial charge in [0, 0.05) is 36.4 Å². The van der Waals surface area contributed by atoms with E-state index in [2.05, 4.69) is 15.6 Å². The second-order valence-electron chi connectivity index (χ2n) is 4.57. The Morgan fingerprint density at radius 3 is 2.50 bits per heavy atom. The highest BCUT2D eigenvalue weighted by molar-refractivity contribution is 14.0. The summed E-state index contributed by atoms with van der Waals surface area (Å²) in [5.74, 6) is 0.745. The van der Waals surface area contributed by atoms with Crippen LogP contribution in [0, 0.1) is 0 Å². The van der Waals surface area contributed by atoms with Crippen LogP contribution in [0.3, 0.4) is 0 Å². The molecule has 0 bridgehead atoms. The highest BCUT2D eigenvalue weighted by Crippen LogP contribution is 2.20. The van der Waals surface area contributed by atoms with Crippen molar-refractivity contribution in [3.8, 4) is 0 Å². The molecular formula is C13H20Cl2IN3O2S. The maximum absolute atomic E-state index is 11.0. The molecule has 0 heterocycles. The van der Waals surface area contributed by atoms with Crippen LogP contribution in [0.1, 0.15) is 12.0 Å². The summed E-state index contributed by atoms with van der Waals surface area (Å²) in [5.41, 5.74) is 0.903. The van der Waals surface area contributed by atoms with Crippen molar-refractivity contribution in [2.45, 2.75) is 13.0 Å². The molecule has 5 nitrogen and oxygen atoms in total. The first-order chi connectivity index (χ1) is 9.81. The molecule has 1 aromatic rings. The number of sulfone groups is 1. The molecule has 0 unspecified atom stereocenters. The first-order valence-corrected chi connectivity index (χ1v) is 9.19. The average molecular weight is 480 g/mol. The van der Waals surface area contributed by atoms with Crippen molar-refractivity contribution in [1.29, 1.82) is 0 Å². The van der Waals surface area contributed by atoms with Crippen molar-refractivity contribution >= 4 is 63.0 Å². The topological polar surface area (TPSA) is 70.6 Å². The molecule has 9 heteroatoms. The van der Waals surface area contributed by atoms with E-state index in [1.807, 2.05) is 6.07 Å². The van der Waals surface area contributed by atoms with Crippen molar-refractivity contribution in [2.75, 3.05) is 25.6 Å². The van der Waals surface area contributed by atoms with E-state index in [1.54, 1.807) is 19.2 Å². The standard InChI is InChI=1S/C13H19Cl2N3O2S.HI/c1-16-13(17-6-3-7-21(2,19)20)18-9-10-4-5-11(14)8-12(10)15;/h4-5,8H,3,6-7,9H2,1-2H3,(H2,16,17,18);1H. The van der Waals surface area contributed by atoms with E-state index in [1.165, 1.54) is 6.26 Å². The maximum Gasteiger partial charge on any atom is 0.191 e. The number of nitrogens with zero attached hydrogens (tertiary/aromatic N) is 1. The number of nitrogens with one attached hydrogen (secondary N) is 2. The number of hydrogen-bond donors (Lipinski definition) is 2. The Balaban J connectivity index is 0.00000441. The minimum atomic E-state index is -2.92. The molecule has 0 aromatic heterocycles. The third-order valence-electron chi connectivity index (χ3n) is 2.67. The van der Waals surface area contributed by atoms with Gasteiger partial charge >= 0.3 is 0 Å². The molecule has 0 saturated heterocycles. The lowest BCUT2D eigenvalue weighted by molar-refractivity contribution is 0.598. The molecule has 1 rings (SSSR count). The van der Waals surface area contributed by atoms with Gasteiger partial charge in [0.05, 0.1) is 5.75 Å². The molecule has 0 spiro atoms. The predicted octanol–water partition coefficient (Wildman–Crippen LogP) is 2.71. The second kappa shape index (κ2) is 10.5. The smallest absolute Gasteiger partial charge is 0.191 e. The zero-order valence-electron chi connectivity index (χ0n) is 12.4. The Labute approximate surface area is 158 Å². The summed E-state index contributed by atoms with van der Waals surface area (Å²) in [6, 6.07) is 5.30. The molecular weight excluding hydrogens is 460 g/mol. The van der Waals surface area contributed by atoms with Gasteiger partial charge < -0.3 is 10.6 Å². The van der Waals surface area contributed by atoms with Gasteiger partial charge in [-0.3, -0.25) is 4.99 Å². The summed E-state index contributed by atoms with van der Waals surface area (Å²) in [5, 5.41) is 7.33. The Morgan fingerprint density at radius 1 is 1.27 bits per heavy atom. The molecule has 0 aliphatic carbocycles. The van der Waals surface area contributed by atoms with Crippen LogP contribution in [0.5, 0.6) is 0 Å². The molecule has 0 saturated carbocycles.